The van der Waals surface area contributed by atoms with Gasteiger partial charge in [-0.25, -0.2) is 8.42 Å². The SMILES string of the molecule is CCOC(=O)[C@H](CC(C)C)NS(=O)(=O)c1cccc(Cl)c1. The van der Waals surface area contributed by atoms with Crippen LogP contribution < -0.4 is 4.72 Å². The molecule has 1 aromatic carbocycles. The topological polar surface area (TPSA) is 72.5 Å². The van der Waals surface area contributed by atoms with Crippen LogP contribution >= 0.6 is 11.6 Å². The number of carbonyl (C=O) groups is 1. The summed E-state index contributed by atoms with van der Waals surface area (Å²) >= 11 is 5.80. The molecule has 0 radical (unpaired) electrons. The molecule has 0 aliphatic rings. The predicted molar refractivity (Wildman–Crippen MR) is 81.6 cm³/mol. The molecule has 0 unspecified atom stereocenters. The number of rotatable bonds is 7. The Balaban J connectivity index is 2.98. The van der Waals surface area contributed by atoms with Crippen molar-refractivity contribution in [1.29, 1.82) is 0 Å². The van der Waals surface area contributed by atoms with Crippen LogP contribution in [0.2, 0.25) is 5.02 Å². The van der Waals surface area contributed by atoms with Crippen LogP contribution in [-0.2, 0) is 19.6 Å². The van der Waals surface area contributed by atoms with Crippen molar-refractivity contribution in [3.63, 3.8) is 0 Å². The minimum atomic E-state index is -3.83. The van der Waals surface area contributed by atoms with Crippen molar-refractivity contribution in [2.24, 2.45) is 5.92 Å². The molecule has 21 heavy (non-hydrogen) atoms. The second-order valence-corrected chi connectivity index (χ2v) is 7.16. The van der Waals surface area contributed by atoms with Crippen LogP contribution in [0.3, 0.4) is 0 Å². The Hall–Kier alpha value is -1.11. The summed E-state index contributed by atoms with van der Waals surface area (Å²) in [5.41, 5.74) is 0. The highest BCUT2D eigenvalue weighted by Gasteiger charge is 2.27. The summed E-state index contributed by atoms with van der Waals surface area (Å²) in [6.07, 6.45) is 0.360. The Kier molecular flexibility index (Phi) is 6.64. The normalized spacial score (nSPS) is 13.2. The van der Waals surface area contributed by atoms with E-state index in [-0.39, 0.29) is 17.4 Å². The van der Waals surface area contributed by atoms with Crippen LogP contribution in [0.5, 0.6) is 0 Å². The average Bonchev–Trinajstić information content (AvgIpc) is 2.37. The van der Waals surface area contributed by atoms with E-state index in [9.17, 15) is 13.2 Å². The van der Waals surface area contributed by atoms with Gasteiger partial charge in [0.15, 0.2) is 0 Å². The minimum Gasteiger partial charge on any atom is -0.465 e. The fourth-order valence-electron chi connectivity index (χ4n) is 1.80. The van der Waals surface area contributed by atoms with Crippen LogP contribution in [0.1, 0.15) is 27.2 Å². The smallest absolute Gasteiger partial charge is 0.324 e. The van der Waals surface area contributed by atoms with E-state index in [1.165, 1.54) is 12.1 Å². The standard InChI is InChI=1S/C14H20ClNO4S/c1-4-20-14(17)13(8-10(2)3)16-21(18,19)12-7-5-6-11(15)9-12/h5-7,9-10,13,16H,4,8H2,1-3H3/t13-/m0/s1. The largest absolute Gasteiger partial charge is 0.465 e. The predicted octanol–water partition coefficient (Wildman–Crippen LogP) is 2.60. The molecule has 0 saturated carbocycles. The third-order valence-electron chi connectivity index (χ3n) is 2.68. The average molecular weight is 334 g/mol. The third kappa shape index (κ3) is 5.65. The quantitative estimate of drug-likeness (QED) is 0.778. The van der Waals surface area contributed by atoms with Gasteiger partial charge in [-0.3, -0.25) is 4.79 Å². The summed E-state index contributed by atoms with van der Waals surface area (Å²) < 4.78 is 31.9. The number of carbonyl (C=O) groups excluding carboxylic acids is 1. The maximum atomic E-state index is 12.3. The monoisotopic (exact) mass is 333 g/mol. The summed E-state index contributed by atoms with van der Waals surface area (Å²) in [7, 11) is -3.83. The molecule has 0 aliphatic carbocycles. The number of hydrogen-bond donors (Lipinski definition) is 1. The van der Waals surface area contributed by atoms with Crippen molar-refractivity contribution in [3.8, 4) is 0 Å². The molecule has 0 fully saturated rings. The molecule has 0 aliphatic heterocycles. The Morgan fingerprint density at radius 3 is 2.57 bits per heavy atom. The fourth-order valence-corrected chi connectivity index (χ4v) is 3.29. The molecule has 0 amide bonds. The van der Waals surface area contributed by atoms with Crippen LogP contribution in [0, 0.1) is 5.92 Å². The van der Waals surface area contributed by atoms with Gasteiger partial charge in [-0.05, 0) is 37.5 Å². The van der Waals surface area contributed by atoms with E-state index in [2.05, 4.69) is 4.72 Å². The van der Waals surface area contributed by atoms with Gasteiger partial charge in [0.25, 0.3) is 0 Å². The van der Waals surface area contributed by atoms with Gasteiger partial charge in [0.2, 0.25) is 10.0 Å². The maximum absolute atomic E-state index is 12.3. The second-order valence-electron chi connectivity index (χ2n) is 5.01. The van der Waals surface area contributed by atoms with Crippen molar-refractivity contribution in [1.82, 2.24) is 4.72 Å². The zero-order chi connectivity index (χ0) is 16.0. The van der Waals surface area contributed by atoms with Crippen LogP contribution in [-0.4, -0.2) is 27.0 Å². The molecule has 1 atom stereocenters. The molecule has 7 heteroatoms. The maximum Gasteiger partial charge on any atom is 0.324 e. The molecule has 0 bridgehead atoms. The van der Waals surface area contributed by atoms with Crippen molar-refractivity contribution in [2.45, 2.75) is 38.1 Å². The zero-order valence-corrected chi connectivity index (χ0v) is 13.9. The van der Waals surface area contributed by atoms with Gasteiger partial charge < -0.3 is 4.74 Å². The van der Waals surface area contributed by atoms with Crippen molar-refractivity contribution in [3.05, 3.63) is 29.3 Å². The number of halogens is 1. The molecular formula is C14H20ClNO4S. The Labute approximate surface area is 130 Å². The van der Waals surface area contributed by atoms with E-state index in [1.807, 2.05) is 13.8 Å². The van der Waals surface area contributed by atoms with Gasteiger partial charge in [-0.1, -0.05) is 31.5 Å². The van der Waals surface area contributed by atoms with E-state index in [4.69, 9.17) is 16.3 Å². The van der Waals surface area contributed by atoms with Crippen molar-refractivity contribution >= 4 is 27.6 Å². The molecule has 5 nitrogen and oxygen atoms in total. The highest BCUT2D eigenvalue weighted by Crippen LogP contribution is 2.17. The van der Waals surface area contributed by atoms with E-state index >= 15 is 0 Å². The molecule has 0 heterocycles. The summed E-state index contributed by atoms with van der Waals surface area (Å²) in [5.74, 6) is -0.432. The number of esters is 1. The Morgan fingerprint density at radius 2 is 2.05 bits per heavy atom. The van der Waals surface area contributed by atoms with Crippen LogP contribution in [0.4, 0.5) is 0 Å². The summed E-state index contributed by atoms with van der Waals surface area (Å²) in [5, 5.41) is 0.314. The first-order valence-corrected chi connectivity index (χ1v) is 8.57. The Bertz CT molecular complexity index is 586. The Morgan fingerprint density at radius 1 is 1.38 bits per heavy atom. The lowest BCUT2D eigenvalue weighted by Gasteiger charge is -2.19. The fraction of sp³-hybridized carbons (Fsp3) is 0.500. The van der Waals surface area contributed by atoms with Crippen LogP contribution in [0.15, 0.2) is 29.2 Å². The number of benzene rings is 1. The van der Waals surface area contributed by atoms with Crippen molar-refractivity contribution in [2.75, 3.05) is 6.61 Å². The van der Waals surface area contributed by atoms with Gasteiger partial charge in [-0.2, -0.15) is 4.72 Å². The van der Waals surface area contributed by atoms with Gasteiger partial charge in [-0.15, -0.1) is 0 Å². The van der Waals surface area contributed by atoms with Gasteiger partial charge >= 0.3 is 5.97 Å². The lowest BCUT2D eigenvalue weighted by Crippen LogP contribution is -2.42. The first-order chi connectivity index (χ1) is 9.76. The summed E-state index contributed by atoms with van der Waals surface area (Å²) in [4.78, 5) is 11.9. The summed E-state index contributed by atoms with van der Waals surface area (Å²) in [6, 6.07) is 4.97. The van der Waals surface area contributed by atoms with E-state index < -0.39 is 22.0 Å². The molecule has 118 valence electrons. The molecule has 1 N–H and O–H groups in total. The first kappa shape index (κ1) is 17.9. The number of sulfonamides is 1. The third-order valence-corrected chi connectivity index (χ3v) is 4.39. The van der Waals surface area contributed by atoms with E-state index in [1.54, 1.807) is 19.1 Å². The van der Waals surface area contributed by atoms with Crippen LogP contribution in [0.25, 0.3) is 0 Å². The number of ether oxygens (including phenoxy) is 1. The molecule has 0 saturated heterocycles. The van der Waals surface area contributed by atoms with E-state index in [0.29, 0.717) is 11.4 Å². The number of nitrogens with one attached hydrogen (secondary N) is 1. The highest BCUT2D eigenvalue weighted by atomic mass is 35.5. The van der Waals surface area contributed by atoms with E-state index in [0.717, 1.165) is 0 Å². The zero-order valence-electron chi connectivity index (χ0n) is 12.3. The lowest BCUT2D eigenvalue weighted by molar-refractivity contribution is -0.145. The van der Waals surface area contributed by atoms with Gasteiger partial charge in [0.1, 0.15) is 6.04 Å². The first-order valence-electron chi connectivity index (χ1n) is 6.70. The minimum absolute atomic E-state index is 0.0213. The second kappa shape index (κ2) is 7.77. The molecule has 1 aromatic rings. The molecule has 1 rings (SSSR count). The molecule has 0 spiro atoms. The lowest BCUT2D eigenvalue weighted by atomic mass is 10.1. The van der Waals surface area contributed by atoms with Crippen molar-refractivity contribution < 1.29 is 17.9 Å². The van der Waals surface area contributed by atoms with Gasteiger partial charge in [0.05, 0.1) is 11.5 Å². The highest BCUT2D eigenvalue weighted by molar-refractivity contribution is 7.89. The molecule has 0 aromatic heterocycles. The number of hydrogen-bond acceptors (Lipinski definition) is 4. The molecular weight excluding hydrogens is 314 g/mol. The van der Waals surface area contributed by atoms with Gasteiger partial charge in [0, 0.05) is 5.02 Å². The summed E-state index contributed by atoms with van der Waals surface area (Å²) in [6.45, 7) is 5.68.